The van der Waals surface area contributed by atoms with Gasteiger partial charge in [-0.2, -0.15) is 0 Å². The van der Waals surface area contributed by atoms with Crippen LogP contribution in [0.15, 0.2) is 60.8 Å². The maximum absolute atomic E-state index is 11.8. The molecule has 5 rings (SSSR count). The molecule has 2 aliphatic rings. The van der Waals surface area contributed by atoms with Crippen LogP contribution in [0, 0.1) is 0 Å². The minimum atomic E-state index is -0.252. The van der Waals surface area contributed by atoms with Crippen molar-refractivity contribution >= 4 is 12.2 Å². The molecule has 0 bridgehead atoms. The second-order valence-electron chi connectivity index (χ2n) is 8.53. The van der Waals surface area contributed by atoms with Crippen molar-refractivity contribution in [1.29, 1.82) is 0 Å². The van der Waals surface area contributed by atoms with Gasteiger partial charge in [0.25, 0.3) is 0 Å². The molecular formula is C26H28N4O3. The van der Waals surface area contributed by atoms with E-state index in [-0.39, 0.29) is 12.1 Å². The van der Waals surface area contributed by atoms with Gasteiger partial charge in [-0.1, -0.05) is 54.6 Å². The molecule has 3 heterocycles. The zero-order valence-electron chi connectivity index (χ0n) is 18.5. The molecule has 7 heteroatoms. The van der Waals surface area contributed by atoms with Crippen molar-refractivity contribution in [3.8, 4) is 11.3 Å². The molecule has 170 valence electrons. The molecule has 0 aliphatic carbocycles. The highest BCUT2D eigenvalue weighted by molar-refractivity contribution is 5.70. The number of hydrogen-bond donors (Lipinski definition) is 1. The zero-order chi connectivity index (χ0) is 22.6. The Morgan fingerprint density at radius 1 is 0.970 bits per heavy atom. The number of carbonyl (C=O) groups is 1. The van der Waals surface area contributed by atoms with Gasteiger partial charge in [0, 0.05) is 31.2 Å². The largest absolute Gasteiger partial charge is 0.382 e. The van der Waals surface area contributed by atoms with Gasteiger partial charge in [0.1, 0.15) is 17.6 Å². The Balaban J connectivity index is 1.44. The lowest BCUT2D eigenvalue weighted by Crippen LogP contribution is -2.40. The van der Waals surface area contributed by atoms with E-state index in [0.29, 0.717) is 30.6 Å². The van der Waals surface area contributed by atoms with Crippen molar-refractivity contribution in [3.05, 3.63) is 77.6 Å². The van der Waals surface area contributed by atoms with Gasteiger partial charge < -0.3 is 20.1 Å². The van der Waals surface area contributed by atoms with Crippen LogP contribution in [0.25, 0.3) is 11.3 Å². The van der Waals surface area contributed by atoms with Crippen molar-refractivity contribution in [1.82, 2.24) is 14.9 Å². The first-order valence-electron chi connectivity index (χ1n) is 11.4. The fourth-order valence-electron chi connectivity index (χ4n) is 4.75. The summed E-state index contributed by atoms with van der Waals surface area (Å²) in [6, 6.07) is 17.9. The van der Waals surface area contributed by atoms with Crippen LogP contribution in [0.5, 0.6) is 0 Å². The van der Waals surface area contributed by atoms with Gasteiger partial charge in [-0.25, -0.2) is 9.97 Å². The Bertz CT molecular complexity index is 1080. The van der Waals surface area contributed by atoms with Crippen LogP contribution in [-0.4, -0.2) is 47.6 Å². The molecule has 2 fully saturated rings. The molecule has 2 aliphatic heterocycles. The average Bonchev–Trinajstić information content (AvgIpc) is 2.89. The average molecular weight is 445 g/mol. The van der Waals surface area contributed by atoms with E-state index in [1.807, 2.05) is 59.5 Å². The Morgan fingerprint density at radius 2 is 1.73 bits per heavy atom. The van der Waals surface area contributed by atoms with Crippen LogP contribution in [0.2, 0.25) is 0 Å². The number of nitrogens with two attached hydrogens (primary N) is 1. The number of hydrogen-bond acceptors (Lipinski definition) is 6. The van der Waals surface area contributed by atoms with Crippen molar-refractivity contribution in [2.45, 2.75) is 30.9 Å². The number of morpholine rings is 1. The van der Waals surface area contributed by atoms with E-state index < -0.39 is 0 Å². The van der Waals surface area contributed by atoms with E-state index in [0.717, 1.165) is 54.8 Å². The summed E-state index contributed by atoms with van der Waals surface area (Å²) in [4.78, 5) is 22.9. The maximum Gasteiger partial charge on any atom is 0.210 e. The molecule has 2 saturated heterocycles. The summed E-state index contributed by atoms with van der Waals surface area (Å²) < 4.78 is 11.6. The number of nitrogens with zero attached hydrogens (tertiary/aromatic N) is 3. The van der Waals surface area contributed by atoms with E-state index in [2.05, 4.69) is 4.98 Å². The lowest BCUT2D eigenvalue weighted by Gasteiger charge is -2.39. The Labute approximate surface area is 193 Å². The SMILES string of the molecule is Nc1ncc(C2CCOCC2)nc1-c1ccc([C@@H]2OCCN(C=O)C2c2ccccc2)cc1. The van der Waals surface area contributed by atoms with Crippen molar-refractivity contribution < 1.29 is 14.3 Å². The molecule has 3 aromatic rings. The number of anilines is 1. The standard InChI is InChI=1S/C26H28N4O3/c27-26-23(29-22(16-28-26)18-10-13-32-14-11-18)19-6-8-21(9-7-19)25-24(20-4-2-1-3-5-20)30(17-31)12-15-33-25/h1-9,16-18,24-25H,10-15H2,(H2,27,28)/t24?,25-/m0/s1. The minimum absolute atomic E-state index is 0.176. The van der Waals surface area contributed by atoms with Crippen LogP contribution >= 0.6 is 0 Å². The third-order valence-corrected chi connectivity index (χ3v) is 6.54. The molecular weight excluding hydrogens is 416 g/mol. The molecule has 1 unspecified atom stereocenters. The number of nitrogen functional groups attached to an aromatic ring is 1. The van der Waals surface area contributed by atoms with E-state index in [4.69, 9.17) is 20.2 Å². The Kier molecular flexibility index (Phi) is 6.32. The van der Waals surface area contributed by atoms with Gasteiger partial charge in [-0.3, -0.25) is 4.79 Å². The number of rotatable bonds is 5. The highest BCUT2D eigenvalue weighted by Crippen LogP contribution is 2.39. The number of carbonyl (C=O) groups excluding carboxylic acids is 1. The molecule has 2 aromatic carbocycles. The molecule has 2 N–H and O–H groups in total. The molecule has 7 nitrogen and oxygen atoms in total. The van der Waals surface area contributed by atoms with Crippen molar-refractivity contribution in [2.24, 2.45) is 0 Å². The summed E-state index contributed by atoms with van der Waals surface area (Å²) in [5.74, 6) is 0.767. The van der Waals surface area contributed by atoms with Crippen LogP contribution < -0.4 is 5.73 Å². The molecule has 0 spiro atoms. The van der Waals surface area contributed by atoms with Gasteiger partial charge in [0.05, 0.1) is 24.5 Å². The highest BCUT2D eigenvalue weighted by Gasteiger charge is 2.34. The summed E-state index contributed by atoms with van der Waals surface area (Å²) in [6.07, 6.45) is 4.35. The van der Waals surface area contributed by atoms with Crippen LogP contribution in [0.4, 0.5) is 5.82 Å². The van der Waals surface area contributed by atoms with Crippen LogP contribution in [0.1, 0.15) is 47.7 Å². The minimum Gasteiger partial charge on any atom is -0.382 e. The Morgan fingerprint density at radius 3 is 2.45 bits per heavy atom. The quantitative estimate of drug-likeness (QED) is 0.601. The number of benzene rings is 2. The Hall–Kier alpha value is -3.29. The fourth-order valence-corrected chi connectivity index (χ4v) is 4.75. The van der Waals surface area contributed by atoms with Gasteiger partial charge >= 0.3 is 0 Å². The first-order chi connectivity index (χ1) is 16.2. The molecule has 1 amide bonds. The fraction of sp³-hybridized carbons (Fsp3) is 0.346. The van der Waals surface area contributed by atoms with E-state index in [1.54, 1.807) is 6.20 Å². The molecule has 0 saturated carbocycles. The number of amides is 1. The zero-order valence-corrected chi connectivity index (χ0v) is 18.5. The molecule has 33 heavy (non-hydrogen) atoms. The molecule has 1 aromatic heterocycles. The molecule has 2 atom stereocenters. The third-order valence-electron chi connectivity index (χ3n) is 6.54. The van der Waals surface area contributed by atoms with Gasteiger partial charge in [0.2, 0.25) is 6.41 Å². The summed E-state index contributed by atoms with van der Waals surface area (Å²) in [6.45, 7) is 2.58. The summed E-state index contributed by atoms with van der Waals surface area (Å²) in [7, 11) is 0. The number of ether oxygens (including phenoxy) is 2. The summed E-state index contributed by atoms with van der Waals surface area (Å²) in [5, 5.41) is 0. The third kappa shape index (κ3) is 4.47. The molecule has 0 radical (unpaired) electrons. The second kappa shape index (κ2) is 9.68. The lowest BCUT2D eigenvalue weighted by atomic mass is 9.92. The van der Waals surface area contributed by atoms with Crippen LogP contribution in [-0.2, 0) is 14.3 Å². The maximum atomic E-state index is 11.8. The second-order valence-corrected chi connectivity index (χ2v) is 8.53. The normalized spacial score (nSPS) is 21.6. The smallest absolute Gasteiger partial charge is 0.210 e. The van der Waals surface area contributed by atoms with Gasteiger partial charge in [-0.05, 0) is 24.0 Å². The first kappa shape index (κ1) is 21.6. The van der Waals surface area contributed by atoms with Crippen LogP contribution in [0.3, 0.4) is 0 Å². The van der Waals surface area contributed by atoms with Gasteiger partial charge in [-0.15, -0.1) is 0 Å². The first-order valence-corrected chi connectivity index (χ1v) is 11.4. The number of aromatic nitrogens is 2. The predicted molar refractivity (Wildman–Crippen MR) is 125 cm³/mol. The lowest BCUT2D eigenvalue weighted by molar-refractivity contribution is -0.134. The van der Waals surface area contributed by atoms with Crippen molar-refractivity contribution in [3.63, 3.8) is 0 Å². The van der Waals surface area contributed by atoms with Crippen molar-refractivity contribution in [2.75, 3.05) is 32.1 Å². The summed E-state index contributed by atoms with van der Waals surface area (Å²) >= 11 is 0. The predicted octanol–water partition coefficient (Wildman–Crippen LogP) is 3.89. The van der Waals surface area contributed by atoms with E-state index >= 15 is 0 Å². The van der Waals surface area contributed by atoms with Gasteiger partial charge in [0.15, 0.2) is 0 Å². The van der Waals surface area contributed by atoms with E-state index in [9.17, 15) is 4.79 Å². The summed E-state index contributed by atoms with van der Waals surface area (Å²) in [5.41, 5.74) is 10.8. The monoisotopic (exact) mass is 444 g/mol. The highest BCUT2D eigenvalue weighted by atomic mass is 16.5. The topological polar surface area (TPSA) is 90.6 Å². The van der Waals surface area contributed by atoms with E-state index in [1.165, 1.54) is 0 Å².